The van der Waals surface area contributed by atoms with Crippen molar-refractivity contribution in [1.29, 1.82) is 0 Å². The van der Waals surface area contributed by atoms with Crippen LogP contribution in [0.1, 0.15) is 28.6 Å². The molecule has 7 heteroatoms. The topological polar surface area (TPSA) is 54.7 Å². The normalized spacial score (nSPS) is 18.5. The van der Waals surface area contributed by atoms with Gasteiger partial charge in [-0.2, -0.15) is 0 Å². The summed E-state index contributed by atoms with van der Waals surface area (Å²) in [5.74, 6) is -0.787. The maximum absolute atomic E-state index is 12.7. The second-order valence-electron chi connectivity index (χ2n) is 8.67. The molecule has 1 radical (unpaired) electrons. The summed E-state index contributed by atoms with van der Waals surface area (Å²) in [6.45, 7) is 4.54. The van der Waals surface area contributed by atoms with E-state index in [9.17, 15) is 9.59 Å². The molecule has 0 saturated heterocycles. The summed E-state index contributed by atoms with van der Waals surface area (Å²) in [5.41, 5.74) is 5.06. The molecule has 0 spiro atoms. The Labute approximate surface area is 202 Å². The van der Waals surface area contributed by atoms with E-state index >= 15 is 0 Å². The van der Waals surface area contributed by atoms with Gasteiger partial charge < -0.3 is 0 Å². The molecule has 2 aromatic heterocycles. The summed E-state index contributed by atoms with van der Waals surface area (Å²) in [4.78, 5) is 30.6. The van der Waals surface area contributed by atoms with Gasteiger partial charge in [-0.1, -0.05) is 0 Å². The average molecular weight is 599 g/mol. The molecule has 6 rings (SSSR count). The summed E-state index contributed by atoms with van der Waals surface area (Å²) in [6.07, 6.45) is 1.78. The van der Waals surface area contributed by atoms with Gasteiger partial charge in [-0.3, -0.25) is 0 Å². The van der Waals surface area contributed by atoms with Crippen LogP contribution in [0.2, 0.25) is 0 Å². The number of benzene rings is 2. The monoisotopic (exact) mass is 602 g/mol. The number of nitrogens with zero attached hydrogens (tertiary/aromatic N) is 3. The summed E-state index contributed by atoms with van der Waals surface area (Å²) in [5, 5.41) is 2.53. The number of hydrogen-bond donors (Lipinski definition) is 0. The third-order valence-corrected chi connectivity index (χ3v) is 10.3. The Kier molecular flexibility index (Phi) is 4.29. The van der Waals surface area contributed by atoms with Crippen molar-refractivity contribution in [2.45, 2.75) is 19.3 Å². The zero-order valence-electron chi connectivity index (χ0n) is 17.7. The Morgan fingerprint density at radius 1 is 1.03 bits per heavy atom. The van der Waals surface area contributed by atoms with Crippen LogP contribution in [-0.4, -0.2) is 69.5 Å². The number of amidine groups is 1. The Balaban J connectivity index is 1.64. The molecule has 4 heterocycles. The zero-order chi connectivity index (χ0) is 22.4. The van der Waals surface area contributed by atoms with Crippen molar-refractivity contribution in [2.75, 3.05) is 7.05 Å². The van der Waals surface area contributed by atoms with E-state index in [0.29, 0.717) is 4.73 Å². The van der Waals surface area contributed by atoms with Gasteiger partial charge in [0.2, 0.25) is 0 Å². The summed E-state index contributed by atoms with van der Waals surface area (Å²) in [7, 11) is 1.63. The summed E-state index contributed by atoms with van der Waals surface area (Å²) >= 11 is 1.86. The molecule has 2 aromatic carbocycles. The van der Waals surface area contributed by atoms with Crippen LogP contribution in [0, 0.1) is 0 Å². The Hall–Kier alpha value is -2.42. The minimum absolute atomic E-state index is 0.139. The minimum atomic E-state index is -0.817. The molecule has 2 aliphatic rings. The first-order chi connectivity index (χ1) is 15.3. The third-order valence-electron chi connectivity index (χ3n) is 6.51. The first kappa shape index (κ1) is 20.2. The summed E-state index contributed by atoms with van der Waals surface area (Å²) in [6, 6.07) is 17.3. The van der Waals surface area contributed by atoms with Gasteiger partial charge in [-0.25, -0.2) is 0 Å². The molecule has 5 nitrogen and oxygen atoms in total. The predicted molar refractivity (Wildman–Crippen MR) is 129 cm³/mol. The van der Waals surface area contributed by atoms with E-state index in [2.05, 4.69) is 88.0 Å². The van der Waals surface area contributed by atoms with Gasteiger partial charge in [0.1, 0.15) is 0 Å². The molecule has 2 amide bonds. The summed E-state index contributed by atoms with van der Waals surface area (Å²) < 4.78 is 5.16. The molecule has 0 aliphatic carbocycles. The number of rotatable bonds is 1. The molecule has 0 atom stereocenters. The van der Waals surface area contributed by atoms with Crippen LogP contribution in [-0.2, 0) is 15.0 Å². The molecular formula is C25H18N3O2SeTe. The molecule has 0 bridgehead atoms. The van der Waals surface area contributed by atoms with Crippen LogP contribution in [0.15, 0.2) is 59.1 Å². The van der Waals surface area contributed by atoms with Gasteiger partial charge in [0, 0.05) is 0 Å². The number of likely N-dealkylation sites (N-methyl/N-ethyl adjacent to an activating group) is 1. The van der Waals surface area contributed by atoms with Crippen molar-refractivity contribution in [3.05, 3.63) is 68.8 Å². The number of hydrogen-bond acceptors (Lipinski definition) is 2. The number of aromatic nitrogens is 1. The standard InChI is InChI=1S/C25H18N3O2SeTe/c1-25(2)17-9-6-8-15-14-7-4-5-10-19(14)28(20(15)17)23-18(25)12-13(32-23)11-16-21(29)26-24(31)27(3)22(16)30/h4-12H,1-3H3/b16-11+. The van der Waals surface area contributed by atoms with Crippen LogP contribution in [0.4, 0.5) is 0 Å². The van der Waals surface area contributed by atoms with E-state index in [1.165, 1.54) is 41.5 Å². The SMILES string of the molecule is CN1C(=O)/C(=C/c2cc3c([te]2)-n2c4ccccc4c4cccc(c42)C3(C)C)C(=O)N=C1[Se]. The molecule has 2 aliphatic heterocycles. The van der Waals surface area contributed by atoms with E-state index in [1.54, 1.807) is 13.1 Å². The first-order valence-corrected chi connectivity index (χ1v) is 13.4. The predicted octanol–water partition coefficient (Wildman–Crippen LogP) is 3.39. The fourth-order valence-electron chi connectivity index (χ4n) is 4.81. The third kappa shape index (κ3) is 2.60. The molecule has 157 valence electrons. The number of carbonyl (C=O) groups is 2. The molecule has 0 fully saturated rings. The molecular weight excluding hydrogens is 581 g/mol. The van der Waals surface area contributed by atoms with Gasteiger partial charge >= 0.3 is 204 Å². The van der Waals surface area contributed by atoms with Crippen LogP contribution < -0.4 is 0 Å². The number of para-hydroxylation sites is 2. The van der Waals surface area contributed by atoms with Gasteiger partial charge in [-0.15, -0.1) is 0 Å². The number of aliphatic imine (C=N–C) groups is 1. The first-order valence-electron chi connectivity index (χ1n) is 10.3. The van der Waals surface area contributed by atoms with Gasteiger partial charge in [-0.05, 0) is 0 Å². The number of carbonyl (C=O) groups excluding carboxylic acids is 2. The van der Waals surface area contributed by atoms with Crippen molar-refractivity contribution in [2.24, 2.45) is 4.99 Å². The van der Waals surface area contributed by atoms with Gasteiger partial charge in [0.25, 0.3) is 0 Å². The molecule has 0 saturated carbocycles. The fourth-order valence-corrected chi connectivity index (χ4v) is 8.82. The maximum atomic E-state index is 12.7. The fraction of sp³-hybridized carbons (Fsp3) is 0.160. The molecule has 0 N–H and O–H groups in total. The molecule has 0 unspecified atom stereocenters. The van der Waals surface area contributed by atoms with E-state index in [-0.39, 0.29) is 16.9 Å². The van der Waals surface area contributed by atoms with Gasteiger partial charge in [0.05, 0.1) is 0 Å². The molecule has 32 heavy (non-hydrogen) atoms. The van der Waals surface area contributed by atoms with Crippen LogP contribution in [0.5, 0.6) is 0 Å². The van der Waals surface area contributed by atoms with Gasteiger partial charge in [0.15, 0.2) is 0 Å². The number of fused-ring (bicyclic) bond motifs is 5. The van der Waals surface area contributed by atoms with Crippen molar-refractivity contribution in [1.82, 2.24) is 9.47 Å². The second kappa shape index (κ2) is 6.79. The van der Waals surface area contributed by atoms with Crippen LogP contribution in [0.25, 0.3) is 31.6 Å². The quantitative estimate of drug-likeness (QED) is 0.192. The van der Waals surface area contributed by atoms with E-state index in [1.807, 2.05) is 0 Å². The Morgan fingerprint density at radius 2 is 1.78 bits per heavy atom. The number of amides is 2. The second-order valence-corrected chi connectivity index (χ2v) is 12.5. The van der Waals surface area contributed by atoms with Crippen molar-refractivity contribution in [3.8, 4) is 3.70 Å². The van der Waals surface area contributed by atoms with E-state index in [0.717, 1.165) is 3.58 Å². The van der Waals surface area contributed by atoms with Crippen LogP contribution in [0.3, 0.4) is 0 Å². The zero-order valence-corrected chi connectivity index (χ0v) is 21.7. The average Bonchev–Trinajstić information content (AvgIpc) is 3.34. The Bertz CT molecular complexity index is 1570. The van der Waals surface area contributed by atoms with E-state index in [4.69, 9.17) is 0 Å². The molecule has 4 aromatic rings. The van der Waals surface area contributed by atoms with Crippen molar-refractivity contribution in [3.63, 3.8) is 0 Å². The van der Waals surface area contributed by atoms with Crippen molar-refractivity contribution < 1.29 is 9.59 Å². The Morgan fingerprint density at radius 3 is 2.59 bits per heavy atom. The van der Waals surface area contributed by atoms with E-state index < -0.39 is 26.3 Å². The van der Waals surface area contributed by atoms with Crippen molar-refractivity contribution >= 4 is 80.9 Å². The van der Waals surface area contributed by atoms with Crippen LogP contribution >= 0.6 is 0 Å².